The van der Waals surface area contributed by atoms with Gasteiger partial charge < -0.3 is 11.1 Å². The van der Waals surface area contributed by atoms with Crippen LogP contribution in [0.5, 0.6) is 0 Å². The maximum atomic E-state index is 13.7. The zero-order valence-electron chi connectivity index (χ0n) is 13.0. The van der Waals surface area contributed by atoms with Crippen molar-refractivity contribution < 1.29 is 40.0 Å². The van der Waals surface area contributed by atoms with Gasteiger partial charge in [-0.1, -0.05) is 0 Å². The lowest BCUT2D eigenvalue weighted by molar-refractivity contribution is -0.0436. The van der Waals surface area contributed by atoms with Crippen molar-refractivity contribution in [3.8, 4) is 0 Å². The van der Waals surface area contributed by atoms with Crippen LogP contribution in [-0.2, 0) is 9.84 Å². The standard InChI is InChI=1S/C15H9F5N2O4S/c16-10-6-11(17)12(5-9(10)13(21)23)22-14(24)7-1-3-8(4-2-7)27(25,26)15(18,19)20/h1-6H,(H2,21,23)(H,22,24). The number of carbonyl (C=O) groups is 2. The Labute approximate surface area is 148 Å². The van der Waals surface area contributed by atoms with E-state index in [1.165, 1.54) is 0 Å². The molecule has 0 saturated carbocycles. The van der Waals surface area contributed by atoms with Crippen molar-refractivity contribution in [2.75, 3.05) is 5.32 Å². The maximum absolute atomic E-state index is 13.7. The van der Waals surface area contributed by atoms with E-state index in [0.717, 1.165) is 12.1 Å². The second-order valence-corrected chi connectivity index (χ2v) is 7.05. The molecule has 0 aliphatic heterocycles. The van der Waals surface area contributed by atoms with Crippen molar-refractivity contribution in [2.24, 2.45) is 5.73 Å². The van der Waals surface area contributed by atoms with Gasteiger partial charge in [-0.3, -0.25) is 9.59 Å². The third kappa shape index (κ3) is 4.05. The number of rotatable bonds is 4. The molecule has 0 radical (unpaired) electrons. The Hall–Kier alpha value is -3.02. The second kappa shape index (κ2) is 6.95. The number of sulfone groups is 1. The molecular weight excluding hydrogens is 399 g/mol. The van der Waals surface area contributed by atoms with Crippen LogP contribution in [-0.4, -0.2) is 25.7 Å². The van der Waals surface area contributed by atoms with E-state index in [1.54, 1.807) is 0 Å². The third-order valence-corrected chi connectivity index (χ3v) is 4.80. The minimum atomic E-state index is -5.59. The number of hydrogen-bond acceptors (Lipinski definition) is 4. The molecule has 144 valence electrons. The summed E-state index contributed by atoms with van der Waals surface area (Å²) >= 11 is 0. The number of primary amides is 1. The molecule has 0 aliphatic rings. The molecule has 2 rings (SSSR count). The van der Waals surface area contributed by atoms with Gasteiger partial charge >= 0.3 is 5.51 Å². The molecule has 0 saturated heterocycles. The van der Waals surface area contributed by atoms with Gasteiger partial charge in [-0.2, -0.15) is 13.2 Å². The van der Waals surface area contributed by atoms with E-state index in [4.69, 9.17) is 5.73 Å². The fourth-order valence-electron chi connectivity index (χ4n) is 1.95. The molecule has 0 fully saturated rings. The molecule has 0 atom stereocenters. The SMILES string of the molecule is NC(=O)c1cc(NC(=O)c2ccc(S(=O)(=O)C(F)(F)F)cc2)c(F)cc1F. The number of nitrogens with one attached hydrogen (secondary N) is 1. The number of benzene rings is 2. The zero-order valence-corrected chi connectivity index (χ0v) is 13.8. The lowest BCUT2D eigenvalue weighted by Crippen LogP contribution is -2.23. The summed E-state index contributed by atoms with van der Waals surface area (Å²) in [7, 11) is -5.59. The van der Waals surface area contributed by atoms with Gasteiger partial charge in [0.05, 0.1) is 16.1 Å². The van der Waals surface area contributed by atoms with Crippen LogP contribution in [0.2, 0.25) is 0 Å². The molecule has 2 amide bonds. The van der Waals surface area contributed by atoms with E-state index in [1.807, 2.05) is 5.32 Å². The molecule has 0 heterocycles. The van der Waals surface area contributed by atoms with Crippen molar-refractivity contribution in [1.29, 1.82) is 0 Å². The number of nitrogens with two attached hydrogens (primary N) is 1. The number of amides is 2. The fourth-order valence-corrected chi connectivity index (χ4v) is 2.71. The average molecular weight is 408 g/mol. The Morgan fingerprint density at radius 1 is 0.963 bits per heavy atom. The highest BCUT2D eigenvalue weighted by atomic mass is 32.2. The summed E-state index contributed by atoms with van der Waals surface area (Å²) < 4.78 is 87.0. The first-order valence-corrected chi connectivity index (χ1v) is 8.34. The average Bonchev–Trinajstić information content (AvgIpc) is 2.56. The van der Waals surface area contributed by atoms with Gasteiger partial charge in [0, 0.05) is 11.6 Å². The van der Waals surface area contributed by atoms with Gasteiger partial charge in [0.15, 0.2) is 0 Å². The molecule has 0 bridgehead atoms. The molecule has 6 nitrogen and oxygen atoms in total. The minimum absolute atomic E-state index is 0.314. The number of hydrogen-bond donors (Lipinski definition) is 2. The van der Waals surface area contributed by atoms with Crippen LogP contribution in [0, 0.1) is 11.6 Å². The first kappa shape index (κ1) is 20.3. The number of halogens is 5. The molecule has 0 unspecified atom stereocenters. The summed E-state index contributed by atoms with van der Waals surface area (Å²) in [5.41, 5.74) is -2.23. The van der Waals surface area contributed by atoms with Crippen LogP contribution in [0.15, 0.2) is 41.3 Å². The van der Waals surface area contributed by atoms with Crippen LogP contribution in [0.3, 0.4) is 0 Å². The fraction of sp³-hybridized carbons (Fsp3) is 0.0667. The molecule has 3 N–H and O–H groups in total. The van der Waals surface area contributed by atoms with Gasteiger partial charge in [0.2, 0.25) is 0 Å². The molecule has 12 heteroatoms. The highest BCUT2D eigenvalue weighted by Crippen LogP contribution is 2.30. The maximum Gasteiger partial charge on any atom is 0.501 e. The molecule has 0 aromatic heterocycles. The van der Waals surface area contributed by atoms with E-state index >= 15 is 0 Å². The molecule has 2 aromatic carbocycles. The van der Waals surface area contributed by atoms with Crippen molar-refractivity contribution in [1.82, 2.24) is 0 Å². The lowest BCUT2D eigenvalue weighted by Gasteiger charge is -2.10. The van der Waals surface area contributed by atoms with Crippen LogP contribution in [0.4, 0.5) is 27.6 Å². The van der Waals surface area contributed by atoms with Crippen LogP contribution in [0.1, 0.15) is 20.7 Å². The van der Waals surface area contributed by atoms with E-state index in [0.29, 0.717) is 24.3 Å². The highest BCUT2D eigenvalue weighted by molar-refractivity contribution is 7.92. The zero-order chi connectivity index (χ0) is 20.6. The number of carbonyl (C=O) groups excluding carboxylic acids is 2. The highest BCUT2D eigenvalue weighted by Gasteiger charge is 2.46. The Bertz CT molecular complexity index is 1020. The normalized spacial score (nSPS) is 11.9. The van der Waals surface area contributed by atoms with Crippen LogP contribution in [0.25, 0.3) is 0 Å². The van der Waals surface area contributed by atoms with Gasteiger partial charge in [-0.25, -0.2) is 17.2 Å². The molecule has 0 aliphatic carbocycles. The first-order chi connectivity index (χ1) is 12.3. The topological polar surface area (TPSA) is 106 Å². The van der Waals surface area contributed by atoms with Gasteiger partial charge in [-0.05, 0) is 30.3 Å². The summed E-state index contributed by atoms with van der Waals surface area (Å²) in [5.74, 6) is -4.75. The summed E-state index contributed by atoms with van der Waals surface area (Å²) in [6.07, 6.45) is 0. The van der Waals surface area contributed by atoms with Gasteiger partial charge in [0.25, 0.3) is 21.7 Å². The molecule has 2 aromatic rings. The third-order valence-electron chi connectivity index (χ3n) is 3.30. The summed E-state index contributed by atoms with van der Waals surface area (Å²) in [5, 5.41) is 1.98. The molecule has 27 heavy (non-hydrogen) atoms. The summed E-state index contributed by atoms with van der Waals surface area (Å²) in [4.78, 5) is 22.0. The molecule has 0 spiro atoms. The monoisotopic (exact) mass is 408 g/mol. The quantitative estimate of drug-likeness (QED) is 0.759. The Balaban J connectivity index is 2.30. The number of anilines is 1. The Morgan fingerprint density at radius 2 is 1.52 bits per heavy atom. The summed E-state index contributed by atoms with van der Waals surface area (Å²) in [6, 6.07) is 3.60. The second-order valence-electron chi connectivity index (χ2n) is 5.10. The van der Waals surface area contributed by atoms with Crippen molar-refractivity contribution >= 4 is 27.3 Å². The van der Waals surface area contributed by atoms with Crippen molar-refractivity contribution in [3.05, 3.63) is 59.2 Å². The predicted octanol–water partition coefficient (Wildman–Crippen LogP) is 2.61. The van der Waals surface area contributed by atoms with Gasteiger partial charge in [0.1, 0.15) is 11.6 Å². The smallest absolute Gasteiger partial charge is 0.366 e. The molecular formula is C15H9F5N2O4S. The first-order valence-electron chi connectivity index (χ1n) is 6.86. The van der Waals surface area contributed by atoms with Crippen LogP contribution < -0.4 is 11.1 Å². The van der Waals surface area contributed by atoms with E-state index in [-0.39, 0.29) is 5.56 Å². The van der Waals surface area contributed by atoms with E-state index in [9.17, 15) is 40.0 Å². The van der Waals surface area contributed by atoms with Crippen molar-refractivity contribution in [3.63, 3.8) is 0 Å². The minimum Gasteiger partial charge on any atom is -0.366 e. The van der Waals surface area contributed by atoms with Crippen LogP contribution >= 0.6 is 0 Å². The lowest BCUT2D eigenvalue weighted by atomic mass is 10.1. The Kier molecular flexibility index (Phi) is 5.22. The van der Waals surface area contributed by atoms with E-state index < -0.39 is 54.9 Å². The predicted molar refractivity (Wildman–Crippen MR) is 82.5 cm³/mol. The van der Waals surface area contributed by atoms with Crippen molar-refractivity contribution in [2.45, 2.75) is 10.4 Å². The van der Waals surface area contributed by atoms with E-state index in [2.05, 4.69) is 0 Å². The van der Waals surface area contributed by atoms with Gasteiger partial charge in [-0.15, -0.1) is 0 Å². The largest absolute Gasteiger partial charge is 0.501 e. The summed E-state index contributed by atoms with van der Waals surface area (Å²) in [6.45, 7) is 0. The number of alkyl halides is 3. The Morgan fingerprint density at radius 3 is 2.00 bits per heavy atom.